The number of fused-ring (bicyclic) bond motifs is 1. The smallest absolute Gasteiger partial charge is 0.310 e. The Balaban J connectivity index is 1.22. The summed E-state index contributed by atoms with van der Waals surface area (Å²) in [6.07, 6.45) is 6.13. The molecular weight excluding hydrogens is 394 g/mol. The van der Waals surface area contributed by atoms with Gasteiger partial charge in [0.05, 0.1) is 17.8 Å². The number of benzene rings is 1. The zero-order valence-electron chi connectivity index (χ0n) is 15.8. The third kappa shape index (κ3) is 3.34. The van der Waals surface area contributed by atoms with Crippen molar-refractivity contribution in [3.63, 3.8) is 0 Å². The molecule has 1 fully saturated rings. The Morgan fingerprint density at radius 3 is 2.30 bits per heavy atom. The lowest BCUT2D eigenvalue weighted by Gasteiger charge is -2.36. The van der Waals surface area contributed by atoms with Gasteiger partial charge < -0.3 is 20.3 Å². The number of aromatic amines is 1. The van der Waals surface area contributed by atoms with Crippen molar-refractivity contribution in [1.29, 1.82) is 0 Å². The van der Waals surface area contributed by atoms with Crippen LogP contribution >= 0.6 is 0 Å². The molecule has 0 bridgehead atoms. The summed E-state index contributed by atoms with van der Waals surface area (Å²) < 4.78 is 26.8. The molecule has 0 radical (unpaired) electrons. The molecule has 0 unspecified atom stereocenters. The molecule has 154 valence electrons. The lowest BCUT2D eigenvalue weighted by molar-refractivity contribution is -0.142. The maximum atomic E-state index is 13.4. The van der Waals surface area contributed by atoms with Gasteiger partial charge in [-0.2, -0.15) is 0 Å². The molecule has 3 heterocycles. The first-order valence-electron chi connectivity index (χ1n) is 9.55. The van der Waals surface area contributed by atoms with Gasteiger partial charge in [0.1, 0.15) is 0 Å². The molecule has 1 saturated heterocycles. The summed E-state index contributed by atoms with van der Waals surface area (Å²) in [5, 5.41) is 12.2. The van der Waals surface area contributed by atoms with Gasteiger partial charge in [-0.05, 0) is 36.1 Å². The third-order valence-electron chi connectivity index (χ3n) is 5.56. The lowest BCUT2D eigenvalue weighted by Crippen LogP contribution is -2.50. The number of anilines is 2. The van der Waals surface area contributed by atoms with Crippen LogP contribution in [0, 0.1) is 17.6 Å². The summed E-state index contributed by atoms with van der Waals surface area (Å²) in [7, 11) is 0. The van der Waals surface area contributed by atoms with Gasteiger partial charge in [-0.1, -0.05) is 0 Å². The fourth-order valence-electron chi connectivity index (χ4n) is 3.86. The van der Waals surface area contributed by atoms with Gasteiger partial charge in [0, 0.05) is 37.1 Å². The molecule has 1 aromatic carbocycles. The zero-order chi connectivity index (χ0) is 20.8. The molecule has 3 aromatic rings. The second-order valence-electron chi connectivity index (χ2n) is 7.64. The normalized spacial score (nSPS) is 16.4. The predicted molar refractivity (Wildman–Crippen MR) is 104 cm³/mol. The fraction of sp³-hybridized carbons (Fsp3) is 0.300. The van der Waals surface area contributed by atoms with Crippen LogP contribution in [-0.2, 0) is 17.6 Å². The van der Waals surface area contributed by atoms with Crippen LogP contribution in [0.25, 0.3) is 11.3 Å². The number of hydrogen-bond donors (Lipinski definition) is 3. The number of hydrogen-bond acceptors (Lipinski definition) is 6. The van der Waals surface area contributed by atoms with Gasteiger partial charge in [0.25, 0.3) is 0 Å². The van der Waals surface area contributed by atoms with Gasteiger partial charge in [-0.15, -0.1) is 0 Å². The number of H-pyrrole nitrogens is 1. The molecular formula is C20H18F2N6O2. The van der Waals surface area contributed by atoms with Crippen LogP contribution in [0.15, 0.2) is 30.7 Å². The van der Waals surface area contributed by atoms with Crippen LogP contribution in [0.5, 0.6) is 0 Å². The van der Waals surface area contributed by atoms with Gasteiger partial charge in [0.2, 0.25) is 11.9 Å². The van der Waals surface area contributed by atoms with Crippen molar-refractivity contribution in [2.24, 2.45) is 5.92 Å². The molecule has 8 nitrogen and oxygen atoms in total. The van der Waals surface area contributed by atoms with Crippen molar-refractivity contribution in [1.82, 2.24) is 19.9 Å². The van der Waals surface area contributed by atoms with E-state index < -0.39 is 17.6 Å². The van der Waals surface area contributed by atoms with Crippen molar-refractivity contribution in [2.75, 3.05) is 23.3 Å². The number of aromatic nitrogens is 4. The van der Waals surface area contributed by atoms with E-state index >= 15 is 0 Å². The topological polar surface area (TPSA) is 107 Å². The number of carbonyl (C=O) groups is 1. The SMILES string of the molecule is O=C(O)C1CN(c2ncc(-c3cnc(NC4Cc5cc(F)c(F)cc5C4)nc3)[nH]2)C1. The molecule has 0 spiro atoms. The zero-order valence-corrected chi connectivity index (χ0v) is 15.8. The Morgan fingerprint density at radius 2 is 1.70 bits per heavy atom. The summed E-state index contributed by atoms with van der Waals surface area (Å²) in [6.45, 7) is 0.860. The molecule has 0 atom stereocenters. The molecule has 1 aliphatic carbocycles. The maximum absolute atomic E-state index is 13.4. The van der Waals surface area contributed by atoms with E-state index in [-0.39, 0.29) is 12.0 Å². The molecule has 10 heteroatoms. The Labute approximate surface area is 170 Å². The van der Waals surface area contributed by atoms with Crippen molar-refractivity contribution in [3.05, 3.63) is 53.5 Å². The quantitative estimate of drug-likeness (QED) is 0.590. The molecule has 0 amide bonds. The van der Waals surface area contributed by atoms with Crippen LogP contribution in [0.4, 0.5) is 20.7 Å². The number of aliphatic carboxylic acids is 1. The van der Waals surface area contributed by atoms with Crippen molar-refractivity contribution in [2.45, 2.75) is 18.9 Å². The molecule has 1 aliphatic heterocycles. The molecule has 5 rings (SSSR count). The number of carboxylic acids is 1. The van der Waals surface area contributed by atoms with E-state index in [1.807, 2.05) is 4.90 Å². The van der Waals surface area contributed by atoms with Crippen LogP contribution in [-0.4, -0.2) is 50.1 Å². The molecule has 2 aliphatic rings. The van der Waals surface area contributed by atoms with Gasteiger partial charge in [0.15, 0.2) is 11.6 Å². The van der Waals surface area contributed by atoms with Crippen molar-refractivity contribution < 1.29 is 18.7 Å². The minimum absolute atomic E-state index is 0.0283. The highest BCUT2D eigenvalue weighted by Crippen LogP contribution is 2.27. The number of imidazole rings is 1. The first kappa shape index (κ1) is 18.5. The molecule has 30 heavy (non-hydrogen) atoms. The summed E-state index contributed by atoms with van der Waals surface area (Å²) in [4.78, 5) is 28.9. The number of nitrogens with one attached hydrogen (secondary N) is 2. The Bertz CT molecular complexity index is 1080. The summed E-state index contributed by atoms with van der Waals surface area (Å²) in [5.41, 5.74) is 3.07. The standard InChI is InChI=1S/C20H18F2N6O2/c21-15-3-10-1-14(2-11(10)4-16(15)22)26-19-23-5-12(6-24-19)17-7-25-20(27-17)28-8-13(9-28)18(29)30/h3-7,13-14H,1-2,8-9H2,(H,25,27)(H,29,30)(H,23,24,26). The average Bonchev–Trinajstić information content (AvgIpc) is 3.28. The molecule has 2 aromatic heterocycles. The van der Waals surface area contributed by atoms with E-state index in [9.17, 15) is 13.6 Å². The summed E-state index contributed by atoms with van der Waals surface area (Å²) in [6, 6.07) is 2.48. The minimum atomic E-state index is -0.828. The second-order valence-corrected chi connectivity index (χ2v) is 7.64. The Kier molecular flexibility index (Phi) is 4.34. The number of carboxylic acid groups (broad SMARTS) is 1. The molecule has 0 saturated carbocycles. The van der Waals surface area contributed by atoms with Crippen molar-refractivity contribution >= 4 is 17.9 Å². The number of rotatable bonds is 5. The van der Waals surface area contributed by atoms with Crippen LogP contribution in [0.1, 0.15) is 11.1 Å². The van der Waals surface area contributed by atoms with E-state index in [0.29, 0.717) is 37.8 Å². The highest BCUT2D eigenvalue weighted by molar-refractivity contribution is 5.74. The van der Waals surface area contributed by atoms with E-state index in [1.54, 1.807) is 18.6 Å². The maximum Gasteiger partial charge on any atom is 0.310 e. The van der Waals surface area contributed by atoms with Gasteiger partial charge in [-0.25, -0.2) is 23.7 Å². The Morgan fingerprint density at radius 1 is 1.07 bits per heavy atom. The highest BCUT2D eigenvalue weighted by Gasteiger charge is 2.34. The highest BCUT2D eigenvalue weighted by atomic mass is 19.2. The van der Waals surface area contributed by atoms with E-state index in [2.05, 4.69) is 25.3 Å². The minimum Gasteiger partial charge on any atom is -0.481 e. The van der Waals surface area contributed by atoms with E-state index in [1.165, 1.54) is 12.1 Å². The summed E-state index contributed by atoms with van der Waals surface area (Å²) >= 11 is 0. The van der Waals surface area contributed by atoms with Crippen LogP contribution in [0.3, 0.4) is 0 Å². The van der Waals surface area contributed by atoms with E-state index in [0.717, 1.165) is 22.4 Å². The Hall–Kier alpha value is -3.56. The average molecular weight is 412 g/mol. The van der Waals surface area contributed by atoms with Gasteiger partial charge >= 0.3 is 5.97 Å². The first-order chi connectivity index (χ1) is 14.5. The van der Waals surface area contributed by atoms with Crippen LogP contribution in [0.2, 0.25) is 0 Å². The first-order valence-corrected chi connectivity index (χ1v) is 9.55. The van der Waals surface area contributed by atoms with Crippen LogP contribution < -0.4 is 10.2 Å². The lowest BCUT2D eigenvalue weighted by atomic mass is 10.0. The van der Waals surface area contributed by atoms with Gasteiger partial charge in [-0.3, -0.25) is 4.79 Å². The number of halogens is 2. The van der Waals surface area contributed by atoms with Crippen molar-refractivity contribution in [3.8, 4) is 11.3 Å². The summed E-state index contributed by atoms with van der Waals surface area (Å²) in [5.74, 6) is -1.76. The van der Waals surface area contributed by atoms with E-state index in [4.69, 9.17) is 5.11 Å². The monoisotopic (exact) mass is 412 g/mol. The number of nitrogens with zero attached hydrogens (tertiary/aromatic N) is 4. The molecule has 3 N–H and O–H groups in total. The second kappa shape index (κ2) is 7.05. The largest absolute Gasteiger partial charge is 0.481 e. The fourth-order valence-corrected chi connectivity index (χ4v) is 3.86. The predicted octanol–water partition coefficient (Wildman–Crippen LogP) is 2.25. The third-order valence-corrected chi connectivity index (χ3v) is 5.56.